The number of aliphatic hydroxyl groups is 1. The van der Waals surface area contributed by atoms with Crippen LogP contribution in [0.15, 0.2) is 72.3 Å². The van der Waals surface area contributed by atoms with Crippen LogP contribution in [0.3, 0.4) is 0 Å². The molecule has 1 fully saturated rings. The summed E-state index contributed by atoms with van der Waals surface area (Å²) in [6, 6.07) is 18.8. The third-order valence-electron chi connectivity index (χ3n) is 6.13. The molecule has 0 saturated carbocycles. The molecule has 3 aromatic rings. The molecule has 1 N–H and O–H groups in total. The Labute approximate surface area is 199 Å². The number of hydrogen-bond donors (Lipinski definition) is 1. The fourth-order valence-corrected chi connectivity index (χ4v) is 4.28. The first-order valence-corrected chi connectivity index (χ1v) is 11.1. The molecule has 1 heterocycles. The molecule has 1 saturated heterocycles. The van der Waals surface area contributed by atoms with Gasteiger partial charge in [0.15, 0.2) is 11.5 Å². The van der Waals surface area contributed by atoms with E-state index >= 15 is 0 Å². The lowest BCUT2D eigenvalue weighted by Gasteiger charge is -2.28. The normalized spacial score (nSPS) is 17.2. The van der Waals surface area contributed by atoms with E-state index < -0.39 is 17.7 Å². The van der Waals surface area contributed by atoms with Gasteiger partial charge < -0.3 is 14.6 Å². The van der Waals surface area contributed by atoms with Crippen molar-refractivity contribution in [3.05, 3.63) is 94.6 Å². The fourth-order valence-electron chi connectivity index (χ4n) is 4.28. The van der Waals surface area contributed by atoms with Crippen LogP contribution in [0.5, 0.6) is 11.5 Å². The number of aryl methyl sites for hydroxylation is 1. The quantitative estimate of drug-likeness (QED) is 0.307. The Balaban J connectivity index is 1.99. The van der Waals surface area contributed by atoms with Gasteiger partial charge in [0.05, 0.1) is 25.3 Å². The van der Waals surface area contributed by atoms with Crippen molar-refractivity contribution >= 4 is 23.1 Å². The zero-order valence-corrected chi connectivity index (χ0v) is 19.7. The lowest BCUT2D eigenvalue weighted by Crippen LogP contribution is -2.30. The predicted octanol–water partition coefficient (Wildman–Crippen LogP) is 5.34. The van der Waals surface area contributed by atoms with Crippen molar-refractivity contribution < 1.29 is 24.2 Å². The predicted molar refractivity (Wildman–Crippen MR) is 131 cm³/mol. The van der Waals surface area contributed by atoms with Crippen LogP contribution in [0.1, 0.15) is 35.2 Å². The highest BCUT2D eigenvalue weighted by Gasteiger charge is 2.47. The Morgan fingerprint density at radius 3 is 2.38 bits per heavy atom. The monoisotopic (exact) mass is 457 g/mol. The first-order chi connectivity index (χ1) is 16.4. The van der Waals surface area contributed by atoms with Gasteiger partial charge in [0, 0.05) is 11.3 Å². The molecule has 6 heteroatoms. The third-order valence-corrected chi connectivity index (χ3v) is 6.13. The second-order valence-corrected chi connectivity index (χ2v) is 8.10. The van der Waals surface area contributed by atoms with Gasteiger partial charge in [-0.1, -0.05) is 48.5 Å². The van der Waals surface area contributed by atoms with Gasteiger partial charge >= 0.3 is 0 Å². The van der Waals surface area contributed by atoms with Crippen LogP contribution >= 0.6 is 0 Å². The number of methoxy groups -OCH3 is 1. The maximum atomic E-state index is 13.4. The van der Waals surface area contributed by atoms with E-state index in [4.69, 9.17) is 9.47 Å². The van der Waals surface area contributed by atoms with Crippen molar-refractivity contribution in [1.82, 2.24) is 0 Å². The van der Waals surface area contributed by atoms with Gasteiger partial charge in [-0.25, -0.2) is 0 Å². The number of carbonyl (C=O) groups is 2. The fraction of sp³-hybridized carbons (Fsp3) is 0.214. The summed E-state index contributed by atoms with van der Waals surface area (Å²) in [7, 11) is 1.55. The Bertz CT molecular complexity index is 1280. The molecular formula is C28H27NO5. The first-order valence-electron chi connectivity index (χ1n) is 11.1. The summed E-state index contributed by atoms with van der Waals surface area (Å²) >= 11 is 0. The van der Waals surface area contributed by atoms with Crippen molar-refractivity contribution in [1.29, 1.82) is 0 Å². The largest absolute Gasteiger partial charge is 0.507 e. The van der Waals surface area contributed by atoms with Gasteiger partial charge in [0.2, 0.25) is 0 Å². The van der Waals surface area contributed by atoms with Crippen molar-refractivity contribution in [2.75, 3.05) is 18.6 Å². The molecule has 0 aromatic heterocycles. The third kappa shape index (κ3) is 3.92. The number of ketones is 1. The number of carbonyl (C=O) groups excluding carboxylic acids is 2. The standard InChI is InChI=1S/C28H27NO5/c1-5-34-23-16-20(14-15-22(23)33-4)25-24(26(30)19-11-7-6-8-12-19)27(31)28(32)29(25)21-13-9-10-17(2)18(21)3/h6-16,25,30H,5H2,1-4H3/b26-24+. The van der Waals surface area contributed by atoms with Gasteiger partial charge in [-0.05, 0) is 55.7 Å². The van der Waals surface area contributed by atoms with Gasteiger partial charge in [0.1, 0.15) is 5.76 Å². The number of rotatable bonds is 6. The van der Waals surface area contributed by atoms with E-state index in [1.807, 2.05) is 45.0 Å². The highest BCUT2D eigenvalue weighted by atomic mass is 16.5. The number of amides is 1. The van der Waals surface area contributed by atoms with E-state index in [2.05, 4.69) is 0 Å². The van der Waals surface area contributed by atoms with Gasteiger partial charge in [-0.2, -0.15) is 0 Å². The second-order valence-electron chi connectivity index (χ2n) is 8.10. The molecule has 1 unspecified atom stereocenters. The van der Waals surface area contributed by atoms with Crippen molar-refractivity contribution in [3.8, 4) is 11.5 Å². The molecule has 0 aliphatic carbocycles. The summed E-state index contributed by atoms with van der Waals surface area (Å²) in [5.74, 6) is -0.609. The summed E-state index contributed by atoms with van der Waals surface area (Å²) in [6.45, 7) is 6.15. The van der Waals surface area contributed by atoms with Crippen LogP contribution in [0.2, 0.25) is 0 Å². The smallest absolute Gasteiger partial charge is 0.300 e. The van der Waals surface area contributed by atoms with Crippen LogP contribution in [0.25, 0.3) is 5.76 Å². The molecular weight excluding hydrogens is 430 g/mol. The van der Waals surface area contributed by atoms with Crippen molar-refractivity contribution in [2.24, 2.45) is 0 Å². The molecule has 1 aliphatic heterocycles. The van der Waals surface area contributed by atoms with Crippen LogP contribution in [-0.2, 0) is 9.59 Å². The zero-order valence-electron chi connectivity index (χ0n) is 19.7. The molecule has 3 aromatic carbocycles. The lowest BCUT2D eigenvalue weighted by molar-refractivity contribution is -0.132. The number of Topliss-reactive ketones (excluding diaryl/α,β-unsaturated/α-hetero) is 1. The topological polar surface area (TPSA) is 76.1 Å². The van der Waals surface area contributed by atoms with Gasteiger partial charge in [0.25, 0.3) is 11.7 Å². The summed E-state index contributed by atoms with van der Waals surface area (Å²) in [5.41, 5.74) is 3.61. The minimum atomic E-state index is -0.842. The zero-order chi connectivity index (χ0) is 24.4. The molecule has 0 bridgehead atoms. The SMILES string of the molecule is CCOc1cc(C2/C(=C(\O)c3ccccc3)C(=O)C(=O)N2c2cccc(C)c2C)ccc1OC. The second kappa shape index (κ2) is 9.43. The minimum Gasteiger partial charge on any atom is -0.507 e. The lowest BCUT2D eigenvalue weighted by atomic mass is 9.94. The Hall–Kier alpha value is -4.06. The number of nitrogens with zero attached hydrogens (tertiary/aromatic N) is 1. The average Bonchev–Trinajstić information content (AvgIpc) is 3.11. The summed E-state index contributed by atoms with van der Waals surface area (Å²) in [6.07, 6.45) is 0. The summed E-state index contributed by atoms with van der Waals surface area (Å²) in [5, 5.41) is 11.2. The van der Waals surface area contributed by atoms with E-state index in [1.165, 1.54) is 4.90 Å². The van der Waals surface area contributed by atoms with Crippen LogP contribution < -0.4 is 14.4 Å². The Morgan fingerprint density at radius 1 is 0.971 bits per heavy atom. The summed E-state index contributed by atoms with van der Waals surface area (Å²) in [4.78, 5) is 28.2. The molecule has 0 radical (unpaired) electrons. The van der Waals surface area contributed by atoms with E-state index in [0.29, 0.717) is 34.9 Å². The van der Waals surface area contributed by atoms with Crippen LogP contribution in [-0.4, -0.2) is 30.5 Å². The Morgan fingerprint density at radius 2 is 1.71 bits per heavy atom. The molecule has 174 valence electrons. The highest BCUT2D eigenvalue weighted by Crippen LogP contribution is 2.45. The molecule has 1 aliphatic rings. The molecule has 1 amide bonds. The molecule has 4 rings (SSSR count). The first kappa shape index (κ1) is 23.1. The maximum absolute atomic E-state index is 13.4. The van der Waals surface area contributed by atoms with Gasteiger partial charge in [-0.3, -0.25) is 14.5 Å². The van der Waals surface area contributed by atoms with Crippen molar-refractivity contribution in [2.45, 2.75) is 26.8 Å². The van der Waals surface area contributed by atoms with E-state index in [0.717, 1.165) is 11.1 Å². The van der Waals surface area contributed by atoms with Gasteiger partial charge in [-0.15, -0.1) is 0 Å². The Kier molecular flexibility index (Phi) is 6.41. The van der Waals surface area contributed by atoms with Crippen LogP contribution in [0, 0.1) is 13.8 Å². The van der Waals surface area contributed by atoms with E-state index in [1.54, 1.807) is 49.6 Å². The number of ether oxygens (including phenoxy) is 2. The maximum Gasteiger partial charge on any atom is 0.300 e. The molecule has 1 atom stereocenters. The number of aliphatic hydroxyl groups excluding tert-OH is 1. The number of benzene rings is 3. The number of hydrogen-bond acceptors (Lipinski definition) is 5. The van der Waals surface area contributed by atoms with Crippen LogP contribution in [0.4, 0.5) is 5.69 Å². The number of anilines is 1. The van der Waals surface area contributed by atoms with E-state index in [-0.39, 0.29) is 11.3 Å². The summed E-state index contributed by atoms with van der Waals surface area (Å²) < 4.78 is 11.2. The minimum absolute atomic E-state index is 0.0321. The van der Waals surface area contributed by atoms with E-state index in [9.17, 15) is 14.7 Å². The molecule has 6 nitrogen and oxygen atoms in total. The average molecular weight is 458 g/mol. The van der Waals surface area contributed by atoms with Crippen molar-refractivity contribution in [3.63, 3.8) is 0 Å². The molecule has 0 spiro atoms. The highest BCUT2D eigenvalue weighted by molar-refractivity contribution is 6.51. The molecule has 34 heavy (non-hydrogen) atoms.